The lowest BCUT2D eigenvalue weighted by molar-refractivity contribution is -0.119. The molecular weight excluding hydrogens is 220 g/mol. The molecule has 0 bridgehead atoms. The van der Waals surface area contributed by atoms with Crippen LogP contribution < -0.4 is 16.2 Å². The Kier molecular flexibility index (Phi) is 4.09. The van der Waals surface area contributed by atoms with Crippen molar-refractivity contribution in [2.24, 2.45) is 11.5 Å². The van der Waals surface area contributed by atoms with Gasteiger partial charge in [-0.05, 0) is 31.5 Å². The van der Waals surface area contributed by atoms with Crippen LogP contribution >= 0.6 is 0 Å². The summed E-state index contributed by atoms with van der Waals surface area (Å²) in [7, 11) is 0. The highest BCUT2D eigenvalue weighted by Crippen LogP contribution is 2.24. The molecule has 0 aliphatic heterocycles. The van der Waals surface area contributed by atoms with Crippen molar-refractivity contribution in [1.29, 1.82) is 0 Å². The summed E-state index contributed by atoms with van der Waals surface area (Å²) in [6.45, 7) is 3.33. The second kappa shape index (κ2) is 5.16. The Hall–Kier alpha value is -1.59. The van der Waals surface area contributed by atoms with E-state index in [1.54, 1.807) is 38.1 Å². The lowest BCUT2D eigenvalue weighted by atomic mass is 9.92. The molecule has 94 valence electrons. The van der Waals surface area contributed by atoms with E-state index in [-0.39, 0.29) is 6.61 Å². The number of rotatable bonds is 5. The Morgan fingerprint density at radius 1 is 1.41 bits per heavy atom. The zero-order valence-corrected chi connectivity index (χ0v) is 10.0. The minimum absolute atomic E-state index is 0.162. The van der Waals surface area contributed by atoms with Crippen LogP contribution in [-0.4, -0.2) is 23.2 Å². The van der Waals surface area contributed by atoms with E-state index < -0.39 is 17.6 Å². The van der Waals surface area contributed by atoms with Gasteiger partial charge >= 0.3 is 0 Å². The molecule has 0 spiro atoms. The Labute approximate surface area is 100 Å². The average Bonchev–Trinajstić information content (AvgIpc) is 2.25. The molecule has 5 heteroatoms. The van der Waals surface area contributed by atoms with Crippen molar-refractivity contribution in [3.63, 3.8) is 0 Å². The van der Waals surface area contributed by atoms with E-state index in [1.165, 1.54) is 0 Å². The van der Waals surface area contributed by atoms with Crippen LogP contribution in [0, 0.1) is 0 Å². The van der Waals surface area contributed by atoms with Gasteiger partial charge < -0.3 is 21.3 Å². The van der Waals surface area contributed by atoms with Crippen LogP contribution in [0.1, 0.15) is 25.5 Å². The second-order valence-electron chi connectivity index (χ2n) is 4.55. The quantitative estimate of drug-likeness (QED) is 0.688. The molecule has 0 aromatic heterocycles. The Morgan fingerprint density at radius 2 is 1.94 bits per heavy atom. The van der Waals surface area contributed by atoms with Gasteiger partial charge in [-0.25, -0.2) is 0 Å². The van der Waals surface area contributed by atoms with Crippen molar-refractivity contribution in [3.8, 4) is 5.75 Å². The van der Waals surface area contributed by atoms with Gasteiger partial charge in [0.2, 0.25) is 0 Å². The third-order valence-electron chi connectivity index (χ3n) is 2.28. The van der Waals surface area contributed by atoms with Gasteiger partial charge in [0.05, 0.1) is 6.10 Å². The highest BCUT2D eigenvalue weighted by Gasteiger charge is 2.24. The first-order chi connectivity index (χ1) is 7.80. The Balaban J connectivity index is 2.71. The zero-order chi connectivity index (χ0) is 13.1. The highest BCUT2D eigenvalue weighted by molar-refractivity contribution is 5.75. The predicted molar refractivity (Wildman–Crippen MR) is 64.4 cm³/mol. The van der Waals surface area contributed by atoms with Crippen LogP contribution in [0.4, 0.5) is 0 Å². The number of carbonyl (C=O) groups excluding carboxylic acids is 1. The molecule has 5 N–H and O–H groups in total. The maximum Gasteiger partial charge on any atom is 0.255 e. The lowest BCUT2D eigenvalue weighted by Crippen LogP contribution is -2.39. The molecule has 0 saturated heterocycles. The summed E-state index contributed by atoms with van der Waals surface area (Å²) in [6.07, 6.45) is -0.757. The van der Waals surface area contributed by atoms with Crippen LogP contribution in [-0.2, 0) is 4.79 Å². The third kappa shape index (κ3) is 4.05. The van der Waals surface area contributed by atoms with Crippen LogP contribution in [0.25, 0.3) is 0 Å². The molecule has 1 aromatic rings. The Bertz CT molecular complexity index is 382. The monoisotopic (exact) mass is 238 g/mol. The lowest BCUT2D eigenvalue weighted by Gasteiger charge is -2.26. The molecule has 5 nitrogen and oxygen atoms in total. The van der Waals surface area contributed by atoms with E-state index >= 15 is 0 Å². The highest BCUT2D eigenvalue weighted by atomic mass is 16.5. The number of amides is 1. The normalized spacial score (nSPS) is 13.2. The van der Waals surface area contributed by atoms with Gasteiger partial charge in [-0.3, -0.25) is 4.79 Å². The number of ether oxygens (including phenoxy) is 1. The first-order valence-corrected chi connectivity index (χ1v) is 5.28. The summed E-state index contributed by atoms with van der Waals surface area (Å²) < 4.78 is 5.10. The zero-order valence-electron chi connectivity index (χ0n) is 10.0. The van der Waals surface area contributed by atoms with Crippen molar-refractivity contribution in [2.45, 2.75) is 25.5 Å². The SMILES string of the molecule is CC(C)(N)C(O)c1ccc(OCC(N)=O)cc1. The molecule has 0 fully saturated rings. The van der Waals surface area contributed by atoms with Crippen molar-refractivity contribution >= 4 is 5.91 Å². The summed E-state index contributed by atoms with van der Waals surface area (Å²) in [5.41, 5.74) is 10.7. The summed E-state index contributed by atoms with van der Waals surface area (Å²) in [4.78, 5) is 10.5. The molecule has 0 heterocycles. The maximum absolute atomic E-state index is 10.5. The number of aliphatic hydroxyl groups excluding tert-OH is 1. The summed E-state index contributed by atoms with van der Waals surface area (Å²) in [5, 5.41) is 9.93. The van der Waals surface area contributed by atoms with Gasteiger partial charge in [0.1, 0.15) is 5.75 Å². The molecule has 0 radical (unpaired) electrons. The summed E-state index contributed by atoms with van der Waals surface area (Å²) in [6, 6.07) is 6.73. The molecule has 0 aliphatic rings. The molecule has 1 unspecified atom stereocenters. The third-order valence-corrected chi connectivity index (χ3v) is 2.28. The molecule has 1 atom stereocenters. The maximum atomic E-state index is 10.5. The number of carbonyl (C=O) groups is 1. The van der Waals surface area contributed by atoms with Gasteiger partial charge in [-0.1, -0.05) is 12.1 Å². The van der Waals surface area contributed by atoms with E-state index in [4.69, 9.17) is 16.2 Å². The molecule has 1 aromatic carbocycles. The van der Waals surface area contributed by atoms with E-state index in [1.807, 2.05) is 0 Å². The number of nitrogens with two attached hydrogens (primary N) is 2. The summed E-state index contributed by atoms with van der Waals surface area (Å²) in [5.74, 6) is -0.00761. The minimum Gasteiger partial charge on any atom is -0.484 e. The fourth-order valence-electron chi connectivity index (χ4n) is 1.33. The molecule has 1 amide bonds. The van der Waals surface area contributed by atoms with E-state index in [9.17, 15) is 9.90 Å². The largest absolute Gasteiger partial charge is 0.484 e. The smallest absolute Gasteiger partial charge is 0.255 e. The molecule has 1 rings (SSSR count). The Morgan fingerprint density at radius 3 is 2.35 bits per heavy atom. The molecular formula is C12H18N2O3. The number of primary amides is 1. The van der Waals surface area contributed by atoms with E-state index in [0.717, 1.165) is 0 Å². The van der Waals surface area contributed by atoms with Crippen molar-refractivity contribution < 1.29 is 14.6 Å². The van der Waals surface area contributed by atoms with Crippen LogP contribution in [0.15, 0.2) is 24.3 Å². The van der Waals surface area contributed by atoms with Gasteiger partial charge in [0.25, 0.3) is 5.91 Å². The average molecular weight is 238 g/mol. The van der Waals surface area contributed by atoms with Gasteiger partial charge in [0, 0.05) is 5.54 Å². The van der Waals surface area contributed by atoms with Gasteiger partial charge in [-0.2, -0.15) is 0 Å². The number of aliphatic hydroxyl groups is 1. The molecule has 0 aliphatic carbocycles. The number of benzene rings is 1. The van der Waals surface area contributed by atoms with E-state index in [2.05, 4.69) is 0 Å². The number of hydrogen-bond donors (Lipinski definition) is 3. The van der Waals surface area contributed by atoms with Gasteiger partial charge in [0.15, 0.2) is 6.61 Å². The van der Waals surface area contributed by atoms with Crippen LogP contribution in [0.2, 0.25) is 0 Å². The standard InChI is InChI=1S/C12H18N2O3/c1-12(2,14)11(16)8-3-5-9(6-4-8)17-7-10(13)15/h3-6,11,16H,7,14H2,1-2H3,(H2,13,15). The minimum atomic E-state index is -0.757. The fraction of sp³-hybridized carbons (Fsp3) is 0.417. The predicted octanol–water partition coefficient (Wildman–Crippen LogP) is 0.321. The number of hydrogen-bond acceptors (Lipinski definition) is 4. The van der Waals surface area contributed by atoms with Crippen LogP contribution in [0.5, 0.6) is 5.75 Å². The first kappa shape index (κ1) is 13.5. The van der Waals surface area contributed by atoms with Crippen molar-refractivity contribution in [3.05, 3.63) is 29.8 Å². The first-order valence-electron chi connectivity index (χ1n) is 5.28. The molecule has 0 saturated carbocycles. The van der Waals surface area contributed by atoms with Crippen molar-refractivity contribution in [2.75, 3.05) is 6.61 Å². The second-order valence-corrected chi connectivity index (χ2v) is 4.55. The van der Waals surface area contributed by atoms with Crippen molar-refractivity contribution in [1.82, 2.24) is 0 Å². The van der Waals surface area contributed by atoms with Crippen LogP contribution in [0.3, 0.4) is 0 Å². The topological polar surface area (TPSA) is 98.6 Å². The van der Waals surface area contributed by atoms with E-state index in [0.29, 0.717) is 11.3 Å². The summed E-state index contributed by atoms with van der Waals surface area (Å²) >= 11 is 0. The molecule has 17 heavy (non-hydrogen) atoms. The van der Waals surface area contributed by atoms with Gasteiger partial charge in [-0.15, -0.1) is 0 Å². The fourth-order valence-corrected chi connectivity index (χ4v) is 1.33.